The van der Waals surface area contributed by atoms with Gasteiger partial charge in [-0.2, -0.15) is 0 Å². The predicted molar refractivity (Wildman–Crippen MR) is 208 cm³/mol. The first-order valence-electron chi connectivity index (χ1n) is 18.7. The van der Waals surface area contributed by atoms with E-state index in [-0.39, 0.29) is 48.9 Å². The van der Waals surface area contributed by atoms with Gasteiger partial charge in [-0.25, -0.2) is 4.98 Å². The van der Waals surface area contributed by atoms with E-state index in [0.717, 1.165) is 89.7 Å². The first-order valence-corrected chi connectivity index (χ1v) is 18.7. The minimum absolute atomic E-state index is 0. The number of ketones is 1. The second-order valence-electron chi connectivity index (χ2n) is 15.2. The average molecular weight is 864 g/mol. The predicted octanol–water partition coefficient (Wildman–Crippen LogP) is 12.0. The summed E-state index contributed by atoms with van der Waals surface area (Å²) in [4.78, 5) is 21.7. The number of fused-ring (bicyclic) bond motifs is 6. The van der Waals surface area contributed by atoms with Crippen molar-refractivity contribution < 1.29 is 34.4 Å². The smallest absolute Gasteiger partial charge is 0.162 e. The molecule has 0 atom stereocenters. The number of aryl methyl sites for hydroxylation is 2. The number of furan rings is 1. The second kappa shape index (κ2) is 17.3. The third-order valence-electron chi connectivity index (χ3n) is 10.1. The molecule has 1 N–H and O–H groups in total. The number of hydrogen-bond donors (Lipinski definition) is 1. The van der Waals surface area contributed by atoms with Crippen LogP contribution < -0.4 is 0 Å². The maximum atomic E-state index is 11.7. The largest absolute Gasteiger partial charge is 0.512 e. The van der Waals surface area contributed by atoms with Crippen molar-refractivity contribution in [1.29, 1.82) is 0 Å². The molecule has 0 bridgehead atoms. The Morgan fingerprint density at radius 3 is 2.27 bits per heavy atom. The number of rotatable bonds is 10. The van der Waals surface area contributed by atoms with Crippen molar-refractivity contribution in [2.75, 3.05) is 0 Å². The molecule has 2 aromatic carbocycles. The van der Waals surface area contributed by atoms with Crippen molar-refractivity contribution in [3.05, 3.63) is 95.0 Å². The van der Waals surface area contributed by atoms with Gasteiger partial charge in [0.2, 0.25) is 0 Å². The van der Waals surface area contributed by atoms with Crippen LogP contribution in [-0.2, 0) is 49.6 Å². The standard InChI is InChI=1S/C32H31N2O.C13H24O2.Ir/c1-19(2)16-23-12-10-20-11-13-25-28-27(35-31(25)30(20)34-23)14-15-33-29(28)22-17-21-8-6-7-9-24(21)26(18-22)32(3,4)5;1-5-10(6-2)12(14)9-13(15)11(7-3)8-4;/h6-10,12,14-15,18-19H,11,13,16H2,1-5H3;9-11,14H,5-8H2,1-4H3;/q-1;;/b;12-9-;. The van der Waals surface area contributed by atoms with Gasteiger partial charge in [0.25, 0.3) is 0 Å². The van der Waals surface area contributed by atoms with Gasteiger partial charge in [0.15, 0.2) is 11.5 Å². The van der Waals surface area contributed by atoms with Crippen molar-refractivity contribution >= 4 is 27.5 Å². The van der Waals surface area contributed by atoms with Gasteiger partial charge in [-0.3, -0.25) is 9.78 Å². The number of carbonyl (C=O) groups is 1. The maximum Gasteiger partial charge on any atom is 0.162 e. The van der Waals surface area contributed by atoms with Gasteiger partial charge in [-0.15, -0.1) is 29.1 Å². The quantitative estimate of drug-likeness (QED) is 0.0860. The van der Waals surface area contributed by atoms with Crippen LogP contribution in [0.4, 0.5) is 0 Å². The Balaban J connectivity index is 0.000000312. The number of aliphatic hydroxyl groups is 1. The summed E-state index contributed by atoms with van der Waals surface area (Å²) >= 11 is 0. The molecular weight excluding hydrogens is 809 g/mol. The number of aliphatic hydroxyl groups excluding tert-OH is 1. The monoisotopic (exact) mass is 864 g/mol. The summed E-state index contributed by atoms with van der Waals surface area (Å²) in [6, 6.07) is 20.9. The number of hydrogen-bond acceptors (Lipinski definition) is 5. The maximum absolute atomic E-state index is 11.7. The molecule has 5 aromatic rings. The van der Waals surface area contributed by atoms with Gasteiger partial charge >= 0.3 is 0 Å². The second-order valence-corrected chi connectivity index (χ2v) is 15.2. The van der Waals surface area contributed by atoms with Crippen LogP contribution in [0.5, 0.6) is 0 Å². The van der Waals surface area contributed by atoms with Crippen LogP contribution >= 0.6 is 0 Å². The van der Waals surface area contributed by atoms with E-state index in [2.05, 4.69) is 83.1 Å². The zero-order valence-electron chi connectivity index (χ0n) is 31.9. The minimum atomic E-state index is 0. The number of benzene rings is 2. The molecule has 0 saturated carbocycles. The Morgan fingerprint density at radius 1 is 0.941 bits per heavy atom. The van der Waals surface area contributed by atoms with Gasteiger partial charge in [0.05, 0.1) is 5.76 Å². The van der Waals surface area contributed by atoms with Crippen LogP contribution in [0.1, 0.15) is 110 Å². The fourth-order valence-electron chi connectivity index (χ4n) is 7.22. The van der Waals surface area contributed by atoms with Crippen molar-refractivity contribution in [3.63, 3.8) is 0 Å². The Morgan fingerprint density at radius 2 is 1.63 bits per heavy atom. The molecule has 273 valence electrons. The summed E-state index contributed by atoms with van der Waals surface area (Å²) < 4.78 is 6.51. The normalized spacial score (nSPS) is 12.9. The Hall–Kier alpha value is -3.60. The van der Waals surface area contributed by atoms with E-state index >= 15 is 0 Å². The Kier molecular flexibility index (Phi) is 13.6. The van der Waals surface area contributed by atoms with Crippen molar-refractivity contribution in [3.8, 4) is 22.7 Å². The van der Waals surface area contributed by atoms with E-state index in [4.69, 9.17) is 14.4 Å². The van der Waals surface area contributed by atoms with Crippen molar-refractivity contribution in [2.45, 2.75) is 113 Å². The van der Waals surface area contributed by atoms with E-state index < -0.39 is 0 Å². The fourth-order valence-corrected chi connectivity index (χ4v) is 7.22. The first-order chi connectivity index (χ1) is 23.9. The molecule has 6 rings (SSSR count). The molecule has 0 saturated heterocycles. The minimum Gasteiger partial charge on any atom is -0.512 e. The van der Waals surface area contributed by atoms with Crippen LogP contribution in [0.3, 0.4) is 0 Å². The summed E-state index contributed by atoms with van der Waals surface area (Å²) in [6.45, 7) is 19.3. The molecule has 0 amide bonds. The number of carbonyl (C=O) groups excluding carboxylic acids is 1. The van der Waals surface area contributed by atoms with Gasteiger partial charge in [-0.05, 0) is 74.0 Å². The van der Waals surface area contributed by atoms with E-state index in [1.54, 1.807) is 0 Å². The molecule has 1 radical (unpaired) electrons. The molecule has 0 aliphatic heterocycles. The summed E-state index contributed by atoms with van der Waals surface area (Å²) in [5.74, 6) is 2.03. The Bertz CT molecular complexity index is 1990. The molecule has 51 heavy (non-hydrogen) atoms. The molecule has 1 aliphatic carbocycles. The van der Waals surface area contributed by atoms with Crippen molar-refractivity contribution in [1.82, 2.24) is 9.97 Å². The van der Waals surface area contributed by atoms with Crippen LogP contribution in [0.15, 0.2) is 71.0 Å². The number of pyridine rings is 2. The summed E-state index contributed by atoms with van der Waals surface area (Å²) in [6.07, 6.45) is 9.63. The van der Waals surface area contributed by atoms with E-state index in [1.807, 2.05) is 40.0 Å². The SMILES string of the molecule is CC(C)Cc1ccc2c(n1)-c1oc3ccnc(-c4[c-]c5ccccc5c(C(C)(C)C)c4)c3c1CC2.CCC(CC)C(=O)/C=C(\O)C(CC)CC.[Ir]. The zero-order valence-corrected chi connectivity index (χ0v) is 34.3. The number of aromatic nitrogens is 2. The molecule has 6 heteroatoms. The molecular formula is C45H55IrN2O3-. The summed E-state index contributed by atoms with van der Waals surface area (Å²) in [5.41, 5.74) is 8.79. The van der Waals surface area contributed by atoms with E-state index in [9.17, 15) is 9.90 Å². The molecule has 5 nitrogen and oxygen atoms in total. The van der Waals surface area contributed by atoms with Gasteiger partial charge in [0, 0.05) is 66.6 Å². The van der Waals surface area contributed by atoms with E-state index in [0.29, 0.717) is 5.92 Å². The molecule has 3 aromatic heterocycles. The van der Waals surface area contributed by atoms with Crippen LogP contribution in [0.2, 0.25) is 0 Å². The molecule has 0 spiro atoms. The van der Waals surface area contributed by atoms with Gasteiger partial charge in [-0.1, -0.05) is 97.5 Å². The topological polar surface area (TPSA) is 76.2 Å². The average Bonchev–Trinajstić information content (AvgIpc) is 3.48. The van der Waals surface area contributed by atoms with Gasteiger partial charge < -0.3 is 9.52 Å². The van der Waals surface area contributed by atoms with Crippen LogP contribution in [0.25, 0.3) is 44.5 Å². The number of nitrogens with zero attached hydrogens (tertiary/aromatic N) is 2. The Labute approximate surface area is 318 Å². The van der Waals surface area contributed by atoms with E-state index in [1.165, 1.54) is 28.2 Å². The molecule has 0 fully saturated rings. The third kappa shape index (κ3) is 8.90. The van der Waals surface area contributed by atoms with Crippen molar-refractivity contribution in [2.24, 2.45) is 17.8 Å². The fraction of sp³-hybridized carbons (Fsp3) is 0.444. The first kappa shape index (κ1) is 40.2. The molecule has 1 aliphatic rings. The van der Waals surface area contributed by atoms with Gasteiger partial charge in [0.1, 0.15) is 11.3 Å². The molecule has 3 heterocycles. The van der Waals surface area contributed by atoms with Crippen LogP contribution in [-0.4, -0.2) is 20.9 Å². The third-order valence-corrected chi connectivity index (χ3v) is 10.1. The number of allylic oxidation sites excluding steroid dienone is 2. The summed E-state index contributed by atoms with van der Waals surface area (Å²) in [5, 5.41) is 13.2. The zero-order chi connectivity index (χ0) is 36.2. The molecule has 0 unspecified atom stereocenters. The van der Waals surface area contributed by atoms with Crippen LogP contribution in [0, 0.1) is 23.8 Å². The summed E-state index contributed by atoms with van der Waals surface area (Å²) in [7, 11) is 0.